The molecule has 0 bridgehead atoms. The monoisotopic (exact) mass is 439 g/mol. The Balaban J connectivity index is 1.81. The third-order valence-electron chi connectivity index (χ3n) is 4.13. The quantitative estimate of drug-likeness (QED) is 0.517. The SMILES string of the molecule is CSCCC(NC(=O)c1ccccc1Cl)C(=O)NCCCCc1nc(C)cs1. The van der Waals surface area contributed by atoms with Crippen LogP contribution < -0.4 is 10.6 Å². The molecule has 28 heavy (non-hydrogen) atoms. The lowest BCUT2D eigenvalue weighted by Gasteiger charge is -2.18. The highest BCUT2D eigenvalue weighted by atomic mass is 35.5. The molecule has 8 heteroatoms. The predicted molar refractivity (Wildman–Crippen MR) is 119 cm³/mol. The third kappa shape index (κ3) is 7.45. The molecule has 0 radical (unpaired) electrons. The van der Waals surface area contributed by atoms with E-state index in [0.29, 0.717) is 23.6 Å². The van der Waals surface area contributed by atoms with Crippen molar-refractivity contribution in [2.24, 2.45) is 0 Å². The summed E-state index contributed by atoms with van der Waals surface area (Å²) in [6.45, 7) is 2.58. The number of halogens is 1. The van der Waals surface area contributed by atoms with Crippen LogP contribution in [0.3, 0.4) is 0 Å². The van der Waals surface area contributed by atoms with Gasteiger partial charge >= 0.3 is 0 Å². The molecule has 0 saturated heterocycles. The van der Waals surface area contributed by atoms with E-state index in [4.69, 9.17) is 11.6 Å². The van der Waals surface area contributed by atoms with Crippen LogP contribution in [0.4, 0.5) is 0 Å². The van der Waals surface area contributed by atoms with E-state index in [9.17, 15) is 9.59 Å². The molecule has 2 N–H and O–H groups in total. The normalized spacial score (nSPS) is 11.8. The molecule has 1 heterocycles. The first-order valence-electron chi connectivity index (χ1n) is 9.24. The smallest absolute Gasteiger partial charge is 0.253 e. The average Bonchev–Trinajstić information content (AvgIpc) is 3.10. The van der Waals surface area contributed by atoms with Crippen molar-refractivity contribution in [1.82, 2.24) is 15.6 Å². The summed E-state index contributed by atoms with van der Waals surface area (Å²) in [6, 6.07) is 6.27. The van der Waals surface area contributed by atoms with Crippen LogP contribution in [0.25, 0.3) is 0 Å². The second-order valence-electron chi connectivity index (χ2n) is 6.42. The molecule has 1 atom stereocenters. The summed E-state index contributed by atoms with van der Waals surface area (Å²) in [7, 11) is 0. The van der Waals surface area contributed by atoms with Crippen molar-refractivity contribution in [3.63, 3.8) is 0 Å². The molecular formula is C20H26ClN3O2S2. The first kappa shape index (κ1) is 22.7. The van der Waals surface area contributed by atoms with E-state index >= 15 is 0 Å². The van der Waals surface area contributed by atoms with E-state index in [1.807, 2.05) is 13.2 Å². The second-order valence-corrected chi connectivity index (χ2v) is 8.75. The van der Waals surface area contributed by atoms with Gasteiger partial charge in [-0.15, -0.1) is 11.3 Å². The Morgan fingerprint density at radius 1 is 1.29 bits per heavy atom. The van der Waals surface area contributed by atoms with Crippen molar-refractivity contribution < 1.29 is 9.59 Å². The van der Waals surface area contributed by atoms with Gasteiger partial charge in [-0.2, -0.15) is 11.8 Å². The highest BCUT2D eigenvalue weighted by molar-refractivity contribution is 7.98. The van der Waals surface area contributed by atoms with Crippen molar-refractivity contribution in [3.8, 4) is 0 Å². The molecule has 0 aliphatic carbocycles. The molecule has 2 rings (SSSR count). The summed E-state index contributed by atoms with van der Waals surface area (Å²) in [6.07, 6.45) is 5.31. The minimum absolute atomic E-state index is 0.153. The topological polar surface area (TPSA) is 71.1 Å². The van der Waals surface area contributed by atoms with E-state index in [-0.39, 0.29) is 11.8 Å². The lowest BCUT2D eigenvalue weighted by atomic mass is 10.1. The van der Waals surface area contributed by atoms with Crippen LogP contribution in [0.5, 0.6) is 0 Å². The minimum atomic E-state index is -0.571. The van der Waals surface area contributed by atoms with Gasteiger partial charge in [-0.05, 0) is 56.7 Å². The number of hydrogen-bond donors (Lipinski definition) is 2. The van der Waals surface area contributed by atoms with Gasteiger partial charge in [-0.25, -0.2) is 4.98 Å². The number of nitrogens with zero attached hydrogens (tertiary/aromatic N) is 1. The summed E-state index contributed by atoms with van der Waals surface area (Å²) in [5.41, 5.74) is 1.43. The Bertz CT molecular complexity index is 782. The number of aryl methyl sites for hydroxylation is 2. The number of unbranched alkanes of at least 4 members (excludes halogenated alkanes) is 1. The number of nitrogens with one attached hydrogen (secondary N) is 2. The Morgan fingerprint density at radius 2 is 2.07 bits per heavy atom. The fourth-order valence-electron chi connectivity index (χ4n) is 2.64. The molecule has 2 aromatic rings. The molecule has 0 spiro atoms. The van der Waals surface area contributed by atoms with Gasteiger partial charge in [0.2, 0.25) is 5.91 Å². The van der Waals surface area contributed by atoms with Crippen LogP contribution in [-0.2, 0) is 11.2 Å². The summed E-state index contributed by atoms with van der Waals surface area (Å²) >= 11 is 9.40. The van der Waals surface area contributed by atoms with E-state index < -0.39 is 6.04 Å². The van der Waals surface area contributed by atoms with Gasteiger partial charge in [0, 0.05) is 17.6 Å². The van der Waals surface area contributed by atoms with E-state index in [0.717, 1.165) is 35.7 Å². The van der Waals surface area contributed by atoms with Crippen molar-refractivity contribution in [1.29, 1.82) is 0 Å². The van der Waals surface area contributed by atoms with Crippen molar-refractivity contribution >= 4 is 46.5 Å². The van der Waals surface area contributed by atoms with E-state index in [2.05, 4.69) is 21.0 Å². The second kappa shape index (κ2) is 12.1. The molecule has 1 aromatic heterocycles. The zero-order valence-corrected chi connectivity index (χ0v) is 18.6. The molecule has 0 fully saturated rings. The fraction of sp³-hybridized carbons (Fsp3) is 0.450. The number of carbonyl (C=O) groups excluding carboxylic acids is 2. The molecule has 0 aliphatic rings. The maximum absolute atomic E-state index is 12.6. The maximum Gasteiger partial charge on any atom is 0.253 e. The van der Waals surface area contributed by atoms with Gasteiger partial charge in [0.05, 0.1) is 15.6 Å². The first-order chi connectivity index (χ1) is 13.5. The third-order valence-corrected chi connectivity index (χ3v) is 6.13. The maximum atomic E-state index is 12.6. The van der Waals surface area contributed by atoms with Crippen LogP contribution in [0, 0.1) is 6.92 Å². The van der Waals surface area contributed by atoms with Gasteiger partial charge in [0.15, 0.2) is 0 Å². The number of rotatable bonds is 11. The van der Waals surface area contributed by atoms with Gasteiger partial charge < -0.3 is 10.6 Å². The zero-order valence-electron chi connectivity index (χ0n) is 16.2. The summed E-state index contributed by atoms with van der Waals surface area (Å²) < 4.78 is 0. The number of carbonyl (C=O) groups is 2. The summed E-state index contributed by atoms with van der Waals surface area (Å²) in [5, 5.41) is 9.32. The zero-order chi connectivity index (χ0) is 20.4. The molecule has 5 nitrogen and oxygen atoms in total. The van der Waals surface area contributed by atoms with Crippen LogP contribution >= 0.6 is 34.7 Å². The predicted octanol–water partition coefficient (Wildman–Crippen LogP) is 4.10. The molecule has 152 valence electrons. The molecule has 2 amide bonds. The number of thioether (sulfide) groups is 1. The molecule has 0 aliphatic heterocycles. The van der Waals surface area contributed by atoms with Crippen molar-refractivity contribution in [2.75, 3.05) is 18.6 Å². The van der Waals surface area contributed by atoms with E-state index in [1.54, 1.807) is 47.4 Å². The van der Waals surface area contributed by atoms with Gasteiger partial charge in [0.1, 0.15) is 6.04 Å². The fourth-order valence-corrected chi connectivity index (χ4v) is 4.15. The molecule has 1 unspecified atom stereocenters. The number of amides is 2. The molecular weight excluding hydrogens is 414 g/mol. The first-order valence-corrected chi connectivity index (χ1v) is 11.9. The minimum Gasteiger partial charge on any atom is -0.354 e. The summed E-state index contributed by atoms with van der Waals surface area (Å²) in [5.74, 6) is 0.301. The van der Waals surface area contributed by atoms with Gasteiger partial charge in [-0.3, -0.25) is 9.59 Å². The number of hydrogen-bond acceptors (Lipinski definition) is 5. The van der Waals surface area contributed by atoms with Gasteiger partial charge in [0.25, 0.3) is 5.91 Å². The number of thiazole rings is 1. The Labute approximate surface area is 179 Å². The van der Waals surface area contributed by atoms with Crippen LogP contribution in [0.15, 0.2) is 29.6 Å². The van der Waals surface area contributed by atoms with Gasteiger partial charge in [-0.1, -0.05) is 23.7 Å². The Morgan fingerprint density at radius 3 is 2.75 bits per heavy atom. The van der Waals surface area contributed by atoms with Crippen LogP contribution in [-0.4, -0.2) is 41.4 Å². The molecule has 1 aromatic carbocycles. The average molecular weight is 440 g/mol. The number of benzene rings is 1. The largest absolute Gasteiger partial charge is 0.354 e. The van der Waals surface area contributed by atoms with Crippen LogP contribution in [0.2, 0.25) is 5.02 Å². The van der Waals surface area contributed by atoms with Crippen LogP contribution in [0.1, 0.15) is 40.3 Å². The Kier molecular flexibility index (Phi) is 9.81. The van der Waals surface area contributed by atoms with E-state index in [1.165, 1.54) is 0 Å². The molecule has 0 saturated carbocycles. The van der Waals surface area contributed by atoms with Crippen molar-refractivity contribution in [3.05, 3.63) is 50.9 Å². The number of aromatic nitrogens is 1. The lowest BCUT2D eigenvalue weighted by Crippen LogP contribution is -2.47. The Hall–Kier alpha value is -1.57. The summed E-state index contributed by atoms with van der Waals surface area (Å²) in [4.78, 5) is 29.5. The highest BCUT2D eigenvalue weighted by Gasteiger charge is 2.21. The standard InChI is InChI=1S/C20H26ClN3O2S2/c1-14-13-28-18(23-14)9-5-6-11-22-20(26)17(10-12-27-2)24-19(25)15-7-3-4-8-16(15)21/h3-4,7-8,13,17H,5-6,9-12H2,1-2H3,(H,22,26)(H,24,25). The van der Waals surface area contributed by atoms with Crippen molar-refractivity contribution in [2.45, 2.75) is 38.6 Å². The highest BCUT2D eigenvalue weighted by Crippen LogP contribution is 2.15. The lowest BCUT2D eigenvalue weighted by molar-refractivity contribution is -0.123.